The molecule has 0 aromatic rings. The summed E-state index contributed by atoms with van der Waals surface area (Å²) in [6.07, 6.45) is 1.26. The molecule has 1 aliphatic rings. The van der Waals surface area contributed by atoms with Crippen LogP contribution in [0.4, 0.5) is 0 Å². The molecule has 1 saturated heterocycles. The number of nitrogens with zero attached hydrogens (tertiary/aromatic N) is 3. The van der Waals surface area contributed by atoms with E-state index in [2.05, 4.69) is 35.7 Å². The fourth-order valence-electron chi connectivity index (χ4n) is 1.76. The van der Waals surface area contributed by atoms with Gasteiger partial charge in [-0.3, -0.25) is 0 Å². The van der Waals surface area contributed by atoms with Gasteiger partial charge in [-0.25, -0.2) is 8.42 Å². The summed E-state index contributed by atoms with van der Waals surface area (Å²) in [6.45, 7) is 6.77. The highest BCUT2D eigenvalue weighted by Gasteiger charge is 2.20. The summed E-state index contributed by atoms with van der Waals surface area (Å²) in [7, 11) is 5.52. The minimum atomic E-state index is -2.71. The first-order chi connectivity index (χ1) is 8.76. The molecule has 0 N–H and O–H groups in total. The van der Waals surface area contributed by atoms with Crippen molar-refractivity contribution in [3.05, 3.63) is 0 Å². The lowest BCUT2D eigenvalue weighted by molar-refractivity contribution is 0.256. The van der Waals surface area contributed by atoms with Gasteiger partial charge in [0, 0.05) is 26.2 Å². The smallest absolute Gasteiger partial charge is 0.152 e. The summed E-state index contributed by atoms with van der Waals surface area (Å²) in [5.74, 6) is 0.668. The first-order valence-electron chi connectivity index (χ1n) is 6.99. The quantitative estimate of drug-likeness (QED) is 0.726. The van der Waals surface area contributed by atoms with Gasteiger partial charge in [0.25, 0.3) is 0 Å². The Morgan fingerprint density at radius 3 is 1.74 bits per heavy atom. The molecule has 0 saturated carbocycles. The number of sulfone groups is 1. The summed E-state index contributed by atoms with van der Waals surface area (Å²) >= 11 is 0. The molecule has 19 heavy (non-hydrogen) atoms. The molecule has 0 unspecified atom stereocenters. The van der Waals surface area contributed by atoms with Gasteiger partial charge in [0.1, 0.15) is 0 Å². The Bertz CT molecular complexity index is 302. The number of rotatable bonds is 5. The van der Waals surface area contributed by atoms with Crippen molar-refractivity contribution in [3.8, 4) is 0 Å². The van der Waals surface area contributed by atoms with Crippen LogP contribution in [0.25, 0.3) is 0 Å². The van der Waals surface area contributed by atoms with Crippen LogP contribution in [0.2, 0.25) is 0 Å². The summed E-state index contributed by atoms with van der Waals surface area (Å²) in [4.78, 5) is 6.50. The van der Waals surface area contributed by atoms with E-state index in [1.807, 2.05) is 14.1 Å². The van der Waals surface area contributed by atoms with E-state index in [9.17, 15) is 8.42 Å². The fourth-order valence-corrected chi connectivity index (χ4v) is 3.04. The highest BCUT2D eigenvalue weighted by molar-refractivity contribution is 7.91. The third kappa shape index (κ3) is 11.4. The number of hydrogen-bond donors (Lipinski definition) is 0. The molecule has 0 amide bonds. The second-order valence-electron chi connectivity index (χ2n) is 5.60. The normalized spacial score (nSPS) is 19.3. The van der Waals surface area contributed by atoms with E-state index in [0.717, 1.165) is 13.1 Å². The molecule has 0 spiro atoms. The maximum atomic E-state index is 11.1. The van der Waals surface area contributed by atoms with Crippen LogP contribution in [0.1, 0.15) is 13.3 Å². The van der Waals surface area contributed by atoms with Gasteiger partial charge in [0.05, 0.1) is 11.5 Å². The second kappa shape index (κ2) is 9.69. The molecule has 0 aliphatic carbocycles. The third-order valence-electron chi connectivity index (χ3n) is 2.97. The van der Waals surface area contributed by atoms with Gasteiger partial charge in [-0.2, -0.15) is 0 Å². The fraction of sp³-hybridized carbons (Fsp3) is 1.00. The van der Waals surface area contributed by atoms with E-state index in [1.165, 1.54) is 13.0 Å². The Kier molecular flexibility index (Phi) is 9.60. The van der Waals surface area contributed by atoms with Crippen molar-refractivity contribution in [3.63, 3.8) is 0 Å². The molecule has 5 nitrogen and oxygen atoms in total. The molecule has 0 radical (unpaired) electrons. The van der Waals surface area contributed by atoms with Gasteiger partial charge in [0.15, 0.2) is 9.84 Å². The molecule has 1 aliphatic heterocycles. The van der Waals surface area contributed by atoms with Gasteiger partial charge in [-0.15, -0.1) is 0 Å². The van der Waals surface area contributed by atoms with Crippen molar-refractivity contribution in [2.75, 3.05) is 72.4 Å². The van der Waals surface area contributed by atoms with Crippen LogP contribution in [0.15, 0.2) is 0 Å². The van der Waals surface area contributed by atoms with Gasteiger partial charge in [-0.05, 0) is 41.2 Å². The monoisotopic (exact) mass is 293 g/mol. The van der Waals surface area contributed by atoms with Crippen molar-refractivity contribution in [2.45, 2.75) is 13.3 Å². The number of hydrogen-bond acceptors (Lipinski definition) is 5. The van der Waals surface area contributed by atoms with Gasteiger partial charge >= 0.3 is 0 Å². The van der Waals surface area contributed by atoms with E-state index in [-0.39, 0.29) is 0 Å². The minimum absolute atomic E-state index is 0.334. The summed E-state index contributed by atoms with van der Waals surface area (Å²) < 4.78 is 22.2. The minimum Gasteiger partial charge on any atom is -0.309 e. The zero-order valence-corrected chi connectivity index (χ0v) is 14.0. The zero-order chi connectivity index (χ0) is 14.9. The van der Waals surface area contributed by atoms with Crippen molar-refractivity contribution in [1.82, 2.24) is 14.7 Å². The van der Waals surface area contributed by atoms with Crippen LogP contribution in [0, 0.1) is 0 Å². The molecule has 1 rings (SSSR count). The van der Waals surface area contributed by atoms with Crippen LogP contribution >= 0.6 is 0 Å². The molecule has 116 valence electrons. The standard InChI is InChI=1S/C8H18N2O2S.C5H13N/c1-9(2)3-4-10-5-7-13(11,12)8-6-10;1-4-5-6(2)3/h3-8H2,1-2H3;4-5H2,1-3H3. The first kappa shape index (κ1) is 18.8. The van der Waals surface area contributed by atoms with E-state index in [0.29, 0.717) is 24.6 Å². The zero-order valence-electron chi connectivity index (χ0n) is 13.2. The average molecular weight is 293 g/mol. The largest absolute Gasteiger partial charge is 0.309 e. The third-order valence-corrected chi connectivity index (χ3v) is 4.58. The van der Waals surface area contributed by atoms with Crippen molar-refractivity contribution >= 4 is 9.84 Å². The SMILES string of the molecule is CCCN(C)C.CN(C)CCN1CCS(=O)(=O)CC1. The van der Waals surface area contributed by atoms with Crippen molar-refractivity contribution in [2.24, 2.45) is 0 Å². The first-order valence-corrected chi connectivity index (χ1v) is 8.81. The molecule has 1 heterocycles. The molecule has 6 heteroatoms. The van der Waals surface area contributed by atoms with Gasteiger partial charge in [0.2, 0.25) is 0 Å². The summed E-state index contributed by atoms with van der Waals surface area (Å²) in [5, 5.41) is 0. The van der Waals surface area contributed by atoms with E-state index in [4.69, 9.17) is 0 Å². The lowest BCUT2D eigenvalue weighted by atomic mass is 10.4. The van der Waals surface area contributed by atoms with Gasteiger partial charge in [-0.1, -0.05) is 6.92 Å². The van der Waals surface area contributed by atoms with Crippen LogP contribution in [0.3, 0.4) is 0 Å². The van der Waals surface area contributed by atoms with E-state index < -0.39 is 9.84 Å². The van der Waals surface area contributed by atoms with Crippen molar-refractivity contribution in [1.29, 1.82) is 0 Å². The van der Waals surface area contributed by atoms with E-state index >= 15 is 0 Å². The predicted molar refractivity (Wildman–Crippen MR) is 82.5 cm³/mol. The highest BCUT2D eigenvalue weighted by Crippen LogP contribution is 2.02. The van der Waals surface area contributed by atoms with Crippen LogP contribution in [-0.2, 0) is 9.84 Å². The predicted octanol–water partition coefficient (Wildman–Crippen LogP) is 0.236. The second-order valence-corrected chi connectivity index (χ2v) is 7.90. The van der Waals surface area contributed by atoms with Crippen molar-refractivity contribution < 1.29 is 8.42 Å². The van der Waals surface area contributed by atoms with Crippen LogP contribution in [-0.4, -0.2) is 95.5 Å². The average Bonchev–Trinajstić information content (AvgIpc) is 2.28. The van der Waals surface area contributed by atoms with Gasteiger partial charge < -0.3 is 14.7 Å². The summed E-state index contributed by atoms with van der Waals surface area (Å²) in [5.41, 5.74) is 0. The molecule has 0 aromatic carbocycles. The molecule has 1 fully saturated rings. The number of likely N-dealkylation sites (N-methyl/N-ethyl adjacent to an activating group) is 1. The Labute approximate surface area is 119 Å². The topological polar surface area (TPSA) is 43.9 Å². The Morgan fingerprint density at radius 1 is 0.947 bits per heavy atom. The molecule has 0 atom stereocenters. The molecule has 0 aromatic heterocycles. The maximum Gasteiger partial charge on any atom is 0.152 e. The lowest BCUT2D eigenvalue weighted by Crippen LogP contribution is -2.42. The lowest BCUT2D eigenvalue weighted by Gasteiger charge is -2.27. The highest BCUT2D eigenvalue weighted by atomic mass is 32.2. The Balaban J connectivity index is 0.000000459. The van der Waals surface area contributed by atoms with Crippen LogP contribution < -0.4 is 0 Å². The molecular formula is C13H31N3O2S. The van der Waals surface area contributed by atoms with E-state index in [1.54, 1.807) is 0 Å². The Morgan fingerprint density at radius 2 is 1.42 bits per heavy atom. The maximum absolute atomic E-state index is 11.1. The van der Waals surface area contributed by atoms with Crippen LogP contribution in [0.5, 0.6) is 0 Å². The summed E-state index contributed by atoms with van der Waals surface area (Å²) in [6, 6.07) is 0. The Hall–Kier alpha value is -0.170. The molecule has 0 bridgehead atoms. The molecular weight excluding hydrogens is 262 g/mol.